The highest BCUT2D eigenvalue weighted by Gasteiger charge is 2.45. The van der Waals surface area contributed by atoms with Crippen molar-refractivity contribution in [3.8, 4) is 23.0 Å². The average molecular weight is 1180 g/mol. The number of anilines is 1. The summed E-state index contributed by atoms with van der Waals surface area (Å²) < 4.78 is 46.8. The van der Waals surface area contributed by atoms with Gasteiger partial charge in [0, 0.05) is 70.5 Å². The van der Waals surface area contributed by atoms with Gasteiger partial charge in [0.2, 0.25) is 23.5 Å². The summed E-state index contributed by atoms with van der Waals surface area (Å²) in [5, 5.41) is 33.7. The number of nitrogens with one attached hydrogen (secondary N) is 4. The number of aromatic nitrogens is 1. The van der Waals surface area contributed by atoms with E-state index >= 15 is 0 Å². The van der Waals surface area contributed by atoms with Gasteiger partial charge in [-0.2, -0.15) is 0 Å². The van der Waals surface area contributed by atoms with Crippen LogP contribution in [0.5, 0.6) is 23.0 Å². The number of ether oxygens (including phenoxy) is 8. The first-order chi connectivity index (χ1) is 36.8. The molecule has 1 unspecified atom stereocenters. The maximum atomic E-state index is 14.1. The number of amides is 3. The summed E-state index contributed by atoms with van der Waals surface area (Å²) in [6, 6.07) is 14.9. The van der Waals surface area contributed by atoms with Crippen LogP contribution in [0.1, 0.15) is 98.6 Å². The minimum atomic E-state index is -1.08. The monoisotopic (exact) mass is 1180 g/mol. The van der Waals surface area contributed by atoms with Crippen molar-refractivity contribution in [1.29, 1.82) is 0 Å². The normalized spacial score (nSPS) is 20.9. The standard InChI is InChI=1S/C53H61Br2N5O16/c1-29-38(75-43-28-71-15-13-56-43)10-11-44(74-29)76-40-21-31(20-37-46(40)52(66)48-47(50(37)64)49(63)36-4-3-5-39(68-2)45(36)51(48)65)53(67)60-73-27-30-6-8-32(9-7-30)59-42(62)26-57-41(61)12-14-69-16-17-70-18-19-72-35-22-33(24-54)58-34(23-35)25-55/h3-9,22-23,29,31,38,40,43-44,56,64,66H,10-21,24-28H2,1-2H3,(H,57,61)(H,59,62)(H,60,67)/t29-,31?,38-,40-,43+,44-/m0/s1. The fraction of sp³-hybridized carbons (Fsp3) is 0.472. The maximum absolute atomic E-state index is 14.1. The SMILES string of the molecule is COc1cccc2c1C(=O)c1c(O)c3c(c(O)c1C2=O)CC(C(=O)NOCc1ccc(NC(=O)CNC(=O)CCOCCOCCOc2cc(CBr)nc(CBr)c2)cc1)C[C@@H]3O[C@H]1CC[C@H](O[C@@H]2COCCN2)[C@H](C)O1. The summed E-state index contributed by atoms with van der Waals surface area (Å²) >= 11 is 6.82. The largest absolute Gasteiger partial charge is 0.507 e. The molecule has 0 saturated carbocycles. The number of phenolic OH excluding ortho intramolecular Hbond substituents is 2. The van der Waals surface area contributed by atoms with E-state index in [0.717, 1.165) is 11.4 Å². The lowest BCUT2D eigenvalue weighted by Gasteiger charge is -2.40. The van der Waals surface area contributed by atoms with Gasteiger partial charge in [-0.1, -0.05) is 56.1 Å². The lowest BCUT2D eigenvalue weighted by atomic mass is 9.74. The molecule has 8 rings (SSSR count). The van der Waals surface area contributed by atoms with Gasteiger partial charge in [-0.05, 0) is 49.9 Å². The van der Waals surface area contributed by atoms with Gasteiger partial charge >= 0.3 is 0 Å². The Morgan fingerprint density at radius 1 is 0.868 bits per heavy atom. The fourth-order valence-corrected chi connectivity index (χ4v) is 9.98. The number of rotatable bonds is 24. The van der Waals surface area contributed by atoms with Gasteiger partial charge < -0.3 is 58.7 Å². The molecule has 21 nitrogen and oxygen atoms in total. The smallest absolute Gasteiger partial charge is 0.247 e. The first-order valence-electron chi connectivity index (χ1n) is 25.0. The van der Waals surface area contributed by atoms with Crippen LogP contribution in [-0.2, 0) is 71.3 Å². The number of carbonyl (C=O) groups is 5. The van der Waals surface area contributed by atoms with Crippen LogP contribution in [0.25, 0.3) is 0 Å². The molecule has 4 aliphatic rings. The van der Waals surface area contributed by atoms with Gasteiger partial charge in [0.05, 0.1) is 106 Å². The lowest BCUT2D eigenvalue weighted by Crippen LogP contribution is -2.49. The number of pyridine rings is 1. The molecule has 76 heavy (non-hydrogen) atoms. The molecular formula is C53H61Br2N5O16. The highest BCUT2D eigenvalue weighted by atomic mass is 79.9. The minimum Gasteiger partial charge on any atom is -0.507 e. The number of hydrogen-bond donors (Lipinski definition) is 6. The number of morpholine rings is 1. The second-order valence-corrected chi connectivity index (χ2v) is 19.5. The Morgan fingerprint density at radius 3 is 2.32 bits per heavy atom. The number of methoxy groups -OCH3 is 1. The van der Waals surface area contributed by atoms with Crippen molar-refractivity contribution in [3.05, 3.63) is 105 Å². The quantitative estimate of drug-likeness (QED) is 0.0197. The second-order valence-electron chi connectivity index (χ2n) is 18.3. The van der Waals surface area contributed by atoms with Crippen LogP contribution in [0.15, 0.2) is 54.6 Å². The Hall–Kier alpha value is -5.60. The number of hydrogen-bond acceptors (Lipinski definition) is 18. The third-order valence-corrected chi connectivity index (χ3v) is 14.3. The van der Waals surface area contributed by atoms with E-state index in [2.05, 4.69) is 58.3 Å². The number of benzene rings is 3. The van der Waals surface area contributed by atoms with E-state index in [4.69, 9.17) is 42.7 Å². The molecule has 0 radical (unpaired) electrons. The Morgan fingerprint density at radius 2 is 1.61 bits per heavy atom. The molecule has 2 saturated heterocycles. The molecule has 3 amide bonds. The summed E-state index contributed by atoms with van der Waals surface area (Å²) in [6.45, 7) is 4.67. The number of phenols is 2. The summed E-state index contributed by atoms with van der Waals surface area (Å²) in [4.78, 5) is 77.1. The van der Waals surface area contributed by atoms with E-state index in [9.17, 15) is 34.2 Å². The van der Waals surface area contributed by atoms with Crippen LogP contribution >= 0.6 is 31.9 Å². The van der Waals surface area contributed by atoms with E-state index < -0.39 is 59.3 Å². The van der Waals surface area contributed by atoms with Crippen molar-refractivity contribution in [1.82, 2.24) is 21.1 Å². The Bertz CT molecular complexity index is 2700. The Labute approximate surface area is 455 Å². The van der Waals surface area contributed by atoms with Gasteiger partial charge in [-0.15, -0.1) is 0 Å². The predicted molar refractivity (Wildman–Crippen MR) is 279 cm³/mol. The van der Waals surface area contributed by atoms with Crippen LogP contribution in [0.4, 0.5) is 5.69 Å². The molecule has 23 heteroatoms. The van der Waals surface area contributed by atoms with Crippen molar-refractivity contribution in [2.24, 2.45) is 5.92 Å². The number of alkyl halides is 2. The first kappa shape index (κ1) is 56.6. The zero-order chi connectivity index (χ0) is 53.7. The van der Waals surface area contributed by atoms with Gasteiger partial charge in [-0.3, -0.25) is 39.1 Å². The fourth-order valence-electron chi connectivity index (χ4n) is 9.41. The van der Waals surface area contributed by atoms with Crippen LogP contribution in [-0.4, -0.2) is 136 Å². The lowest BCUT2D eigenvalue weighted by molar-refractivity contribution is -0.255. The van der Waals surface area contributed by atoms with E-state index in [1.165, 1.54) is 19.2 Å². The van der Waals surface area contributed by atoms with Gasteiger partial charge in [0.15, 0.2) is 12.1 Å². The molecule has 2 aliphatic heterocycles. The van der Waals surface area contributed by atoms with E-state index in [1.54, 1.807) is 30.3 Å². The highest BCUT2D eigenvalue weighted by molar-refractivity contribution is 9.08. The molecule has 2 aliphatic carbocycles. The minimum absolute atomic E-state index is 0.000515. The van der Waals surface area contributed by atoms with Gasteiger partial charge in [0.25, 0.3) is 0 Å². The molecule has 3 aromatic carbocycles. The number of ketones is 2. The summed E-state index contributed by atoms with van der Waals surface area (Å²) in [5.74, 6) is -3.91. The van der Waals surface area contributed by atoms with Gasteiger partial charge in [0.1, 0.15) is 35.8 Å². The van der Waals surface area contributed by atoms with Crippen molar-refractivity contribution in [2.45, 2.75) is 87.1 Å². The van der Waals surface area contributed by atoms with E-state index in [-0.39, 0.29) is 103 Å². The van der Waals surface area contributed by atoms with Crippen LogP contribution in [0.3, 0.4) is 0 Å². The molecule has 408 valence electrons. The Kier molecular flexibility index (Phi) is 20.2. The van der Waals surface area contributed by atoms with Crippen molar-refractivity contribution >= 4 is 66.8 Å². The zero-order valence-corrected chi connectivity index (χ0v) is 45.2. The van der Waals surface area contributed by atoms with Crippen molar-refractivity contribution < 1.29 is 76.9 Å². The van der Waals surface area contributed by atoms with Gasteiger partial charge in [-0.25, -0.2) is 5.48 Å². The third-order valence-electron chi connectivity index (χ3n) is 13.1. The third kappa shape index (κ3) is 14.1. The molecule has 0 bridgehead atoms. The van der Waals surface area contributed by atoms with E-state index in [1.807, 2.05) is 19.1 Å². The summed E-state index contributed by atoms with van der Waals surface area (Å²) in [7, 11) is 1.36. The maximum Gasteiger partial charge on any atom is 0.247 e. The Balaban J connectivity index is 0.803. The van der Waals surface area contributed by atoms with Crippen molar-refractivity contribution in [2.75, 3.05) is 71.8 Å². The molecular weight excluding hydrogens is 1120 g/mol. The molecule has 0 spiro atoms. The summed E-state index contributed by atoms with van der Waals surface area (Å²) in [5.41, 5.74) is 4.69. The number of aromatic hydroxyl groups is 2. The number of nitrogens with zero attached hydrogens (tertiary/aromatic N) is 1. The summed E-state index contributed by atoms with van der Waals surface area (Å²) in [6.07, 6.45) is -2.07. The van der Waals surface area contributed by atoms with E-state index in [0.29, 0.717) is 80.1 Å². The molecule has 2 fully saturated rings. The topological polar surface area (TPSA) is 270 Å². The number of carbonyl (C=O) groups excluding carboxylic acids is 5. The highest BCUT2D eigenvalue weighted by Crippen LogP contribution is 2.52. The van der Waals surface area contributed by atoms with Crippen LogP contribution in [0.2, 0.25) is 0 Å². The van der Waals surface area contributed by atoms with Crippen LogP contribution in [0, 0.1) is 5.92 Å². The first-order valence-corrected chi connectivity index (χ1v) is 27.2. The molecule has 4 aromatic rings. The molecule has 6 atom stereocenters. The van der Waals surface area contributed by atoms with Crippen molar-refractivity contribution in [3.63, 3.8) is 0 Å². The zero-order valence-electron chi connectivity index (χ0n) is 42.0. The molecule has 3 heterocycles. The molecule has 6 N–H and O–H groups in total. The number of halogens is 2. The average Bonchev–Trinajstić information content (AvgIpc) is 3.53. The van der Waals surface area contributed by atoms with Crippen LogP contribution < -0.4 is 30.9 Å². The second kappa shape index (κ2) is 27.1. The molecule has 1 aromatic heterocycles. The number of fused-ring (bicyclic) bond motifs is 3. The number of hydroxylamine groups is 1. The predicted octanol–water partition coefficient (Wildman–Crippen LogP) is 5.35.